The molecule has 1 aliphatic carbocycles. The molecule has 6 heteroatoms. The van der Waals surface area contributed by atoms with Crippen molar-refractivity contribution in [1.29, 1.82) is 0 Å². The Labute approximate surface area is 154 Å². The van der Waals surface area contributed by atoms with Gasteiger partial charge in [-0.15, -0.1) is 0 Å². The number of carbonyl (C=O) groups is 3. The summed E-state index contributed by atoms with van der Waals surface area (Å²) in [4.78, 5) is 34.9. The highest BCUT2D eigenvalue weighted by atomic mass is 16.6. The minimum Gasteiger partial charge on any atom is -0.482 e. The summed E-state index contributed by atoms with van der Waals surface area (Å²) in [6, 6.07) is 6.62. The van der Waals surface area contributed by atoms with Gasteiger partial charge in [0.1, 0.15) is 5.75 Å². The smallest absolute Gasteiger partial charge is 0.344 e. The Bertz CT molecular complexity index is 640. The van der Waals surface area contributed by atoms with Crippen molar-refractivity contribution in [2.24, 2.45) is 11.8 Å². The van der Waals surface area contributed by atoms with Crippen molar-refractivity contribution in [2.75, 3.05) is 13.2 Å². The van der Waals surface area contributed by atoms with Crippen LogP contribution in [0.4, 0.5) is 0 Å². The number of nitrogens with one attached hydrogen (secondary N) is 1. The van der Waals surface area contributed by atoms with Crippen molar-refractivity contribution in [3.05, 3.63) is 29.8 Å². The van der Waals surface area contributed by atoms with Crippen LogP contribution in [-0.4, -0.2) is 36.9 Å². The summed E-state index contributed by atoms with van der Waals surface area (Å²) >= 11 is 0. The van der Waals surface area contributed by atoms with E-state index in [0.717, 1.165) is 12.8 Å². The predicted octanol–water partition coefficient (Wildman–Crippen LogP) is 2.75. The van der Waals surface area contributed by atoms with Crippen LogP contribution in [0.3, 0.4) is 0 Å². The van der Waals surface area contributed by atoms with Gasteiger partial charge in [0, 0.05) is 11.6 Å². The normalized spacial score (nSPS) is 22.3. The van der Waals surface area contributed by atoms with Gasteiger partial charge in [-0.1, -0.05) is 26.7 Å². The van der Waals surface area contributed by atoms with Gasteiger partial charge >= 0.3 is 5.97 Å². The third-order valence-corrected chi connectivity index (χ3v) is 5.04. The van der Waals surface area contributed by atoms with E-state index in [1.807, 2.05) is 0 Å². The molecule has 1 saturated carbocycles. The van der Waals surface area contributed by atoms with E-state index in [4.69, 9.17) is 9.47 Å². The van der Waals surface area contributed by atoms with Gasteiger partial charge in [0.05, 0.1) is 0 Å². The van der Waals surface area contributed by atoms with Gasteiger partial charge in [0.15, 0.2) is 19.0 Å². The zero-order valence-electron chi connectivity index (χ0n) is 15.6. The van der Waals surface area contributed by atoms with E-state index in [1.165, 1.54) is 13.3 Å². The molecule has 1 fully saturated rings. The molecule has 0 saturated heterocycles. The molecule has 0 spiro atoms. The Kier molecular flexibility index (Phi) is 7.18. The van der Waals surface area contributed by atoms with Crippen LogP contribution in [-0.2, 0) is 14.3 Å². The number of benzene rings is 1. The van der Waals surface area contributed by atoms with E-state index in [0.29, 0.717) is 23.1 Å². The van der Waals surface area contributed by atoms with Gasteiger partial charge in [0.25, 0.3) is 5.91 Å². The maximum atomic E-state index is 12.0. The summed E-state index contributed by atoms with van der Waals surface area (Å²) in [5.41, 5.74) is 0.572. The number of carbonyl (C=O) groups excluding carboxylic acids is 3. The molecule has 0 radical (unpaired) electrons. The fraction of sp³-hybridized carbons (Fsp3) is 0.550. The lowest BCUT2D eigenvalue weighted by Gasteiger charge is -2.34. The monoisotopic (exact) mass is 361 g/mol. The van der Waals surface area contributed by atoms with Crippen molar-refractivity contribution in [3.8, 4) is 5.75 Å². The molecule has 0 aliphatic heterocycles. The number of Topliss-reactive ketones (excluding diaryl/α,β-unsaturated/α-hetero) is 1. The molecule has 26 heavy (non-hydrogen) atoms. The Hall–Kier alpha value is -2.37. The van der Waals surface area contributed by atoms with Gasteiger partial charge in [-0.3, -0.25) is 9.59 Å². The Morgan fingerprint density at radius 1 is 1.08 bits per heavy atom. The second kappa shape index (κ2) is 9.36. The highest BCUT2D eigenvalue weighted by Gasteiger charge is 2.28. The van der Waals surface area contributed by atoms with E-state index in [1.54, 1.807) is 24.3 Å². The first-order valence-electron chi connectivity index (χ1n) is 9.05. The average Bonchev–Trinajstić information content (AvgIpc) is 2.62. The van der Waals surface area contributed by atoms with Crippen molar-refractivity contribution < 1.29 is 23.9 Å². The number of hydrogen-bond donors (Lipinski definition) is 1. The first-order valence-corrected chi connectivity index (χ1v) is 9.05. The first-order chi connectivity index (χ1) is 12.4. The van der Waals surface area contributed by atoms with E-state index < -0.39 is 5.97 Å². The molecule has 1 aromatic carbocycles. The minimum atomic E-state index is -0.610. The Balaban J connectivity index is 1.69. The van der Waals surface area contributed by atoms with E-state index in [9.17, 15) is 14.4 Å². The van der Waals surface area contributed by atoms with Crippen LogP contribution in [0.25, 0.3) is 0 Å². The summed E-state index contributed by atoms with van der Waals surface area (Å²) in [6.07, 6.45) is 3.25. The maximum Gasteiger partial charge on any atom is 0.344 e. The molecule has 1 aromatic rings. The number of ether oxygens (including phenoxy) is 2. The highest BCUT2D eigenvalue weighted by Crippen LogP contribution is 2.29. The van der Waals surface area contributed by atoms with Gasteiger partial charge < -0.3 is 14.8 Å². The van der Waals surface area contributed by atoms with Crippen LogP contribution in [0.5, 0.6) is 5.75 Å². The molecule has 1 amide bonds. The molecule has 0 heterocycles. The molecule has 1 N–H and O–H groups in total. The van der Waals surface area contributed by atoms with Crippen LogP contribution in [0.2, 0.25) is 0 Å². The van der Waals surface area contributed by atoms with E-state index in [-0.39, 0.29) is 30.9 Å². The van der Waals surface area contributed by atoms with Crippen LogP contribution in [0.1, 0.15) is 50.4 Å². The van der Waals surface area contributed by atoms with E-state index in [2.05, 4.69) is 19.2 Å². The maximum absolute atomic E-state index is 12.0. The molecule has 6 nitrogen and oxygen atoms in total. The van der Waals surface area contributed by atoms with Gasteiger partial charge in [-0.2, -0.15) is 0 Å². The fourth-order valence-corrected chi connectivity index (χ4v) is 3.15. The summed E-state index contributed by atoms with van der Waals surface area (Å²) in [5.74, 6) is 0.533. The fourth-order valence-electron chi connectivity index (χ4n) is 3.15. The van der Waals surface area contributed by atoms with Crippen LogP contribution in [0, 0.1) is 11.8 Å². The largest absolute Gasteiger partial charge is 0.482 e. The number of rotatable bonds is 7. The molecule has 0 unspecified atom stereocenters. The highest BCUT2D eigenvalue weighted by molar-refractivity contribution is 5.94. The zero-order chi connectivity index (χ0) is 19.1. The lowest BCUT2D eigenvalue weighted by Crippen LogP contribution is -2.45. The minimum absolute atomic E-state index is 0.0383. The van der Waals surface area contributed by atoms with Gasteiger partial charge in [-0.25, -0.2) is 4.79 Å². The Morgan fingerprint density at radius 2 is 1.77 bits per heavy atom. The summed E-state index contributed by atoms with van der Waals surface area (Å²) in [5, 5.41) is 2.96. The van der Waals surface area contributed by atoms with Crippen molar-refractivity contribution in [2.45, 2.75) is 46.1 Å². The second-order valence-corrected chi connectivity index (χ2v) is 6.97. The first kappa shape index (κ1) is 19.9. The Morgan fingerprint density at radius 3 is 2.42 bits per heavy atom. The lowest BCUT2D eigenvalue weighted by atomic mass is 9.78. The van der Waals surface area contributed by atoms with Crippen LogP contribution < -0.4 is 10.1 Å². The van der Waals surface area contributed by atoms with E-state index >= 15 is 0 Å². The molecular weight excluding hydrogens is 334 g/mol. The van der Waals surface area contributed by atoms with Crippen molar-refractivity contribution >= 4 is 17.7 Å². The summed E-state index contributed by atoms with van der Waals surface area (Å²) in [7, 11) is 0. The van der Waals surface area contributed by atoms with Crippen molar-refractivity contribution in [1.82, 2.24) is 5.32 Å². The van der Waals surface area contributed by atoms with Crippen LogP contribution in [0.15, 0.2) is 24.3 Å². The lowest BCUT2D eigenvalue weighted by molar-refractivity contribution is -0.150. The molecule has 3 atom stereocenters. The summed E-state index contributed by atoms with van der Waals surface area (Å²) < 4.78 is 10.3. The molecule has 142 valence electrons. The standard InChI is InChI=1S/C20H27NO5/c1-13-5-4-6-18(14(13)2)21-19(23)11-26-20(24)12-25-17-9-7-16(8-10-17)15(3)22/h7-10,13-14,18H,4-6,11-12H2,1-3H3,(H,21,23)/t13-,14-,18-/m1/s1. The number of esters is 1. The second-order valence-electron chi connectivity index (χ2n) is 6.97. The van der Waals surface area contributed by atoms with Crippen LogP contribution >= 0.6 is 0 Å². The SMILES string of the molecule is CC(=O)c1ccc(OCC(=O)OCC(=O)N[C@@H]2CCC[C@@H](C)[C@H]2C)cc1. The number of hydrogen-bond acceptors (Lipinski definition) is 5. The molecule has 2 rings (SSSR count). The average molecular weight is 361 g/mol. The predicted molar refractivity (Wildman–Crippen MR) is 97.0 cm³/mol. The summed E-state index contributed by atoms with van der Waals surface area (Å²) in [6.45, 7) is 5.23. The molecular formula is C20H27NO5. The third kappa shape index (κ3) is 5.86. The third-order valence-electron chi connectivity index (χ3n) is 5.04. The van der Waals surface area contributed by atoms with Gasteiger partial charge in [0.2, 0.25) is 0 Å². The quantitative estimate of drug-likeness (QED) is 0.596. The number of ketones is 1. The number of amides is 1. The topological polar surface area (TPSA) is 81.7 Å². The molecule has 0 bridgehead atoms. The zero-order valence-corrected chi connectivity index (χ0v) is 15.6. The molecule has 0 aromatic heterocycles. The van der Waals surface area contributed by atoms with Crippen molar-refractivity contribution in [3.63, 3.8) is 0 Å². The van der Waals surface area contributed by atoms with Gasteiger partial charge in [-0.05, 0) is 49.4 Å². The molecule has 1 aliphatic rings.